The zero-order valence-corrected chi connectivity index (χ0v) is 17.8. The third kappa shape index (κ3) is 6.66. The first kappa shape index (κ1) is 21.4. The first-order valence-electron chi connectivity index (χ1n) is 8.74. The molecule has 142 valence electrons. The van der Waals surface area contributed by atoms with Gasteiger partial charge in [0, 0.05) is 16.4 Å². The van der Waals surface area contributed by atoms with E-state index in [1.165, 1.54) is 19.3 Å². The Kier molecular flexibility index (Phi) is 9.06. The average molecular weight is 434 g/mol. The number of anilines is 1. The molecule has 7 heteroatoms. The molecule has 2 aromatic rings. The van der Waals surface area contributed by atoms with E-state index in [-0.39, 0.29) is 6.03 Å². The van der Waals surface area contributed by atoms with Gasteiger partial charge < -0.3 is 10.2 Å². The van der Waals surface area contributed by atoms with E-state index < -0.39 is 0 Å². The number of carbonyl (C=O) groups is 1. The van der Waals surface area contributed by atoms with Crippen LogP contribution in [0.2, 0.25) is 15.1 Å². The van der Waals surface area contributed by atoms with Gasteiger partial charge >= 0.3 is 6.03 Å². The molecule has 0 spiro atoms. The summed E-state index contributed by atoms with van der Waals surface area (Å²) >= 11 is 20.0. The predicted octanol–water partition coefficient (Wildman–Crippen LogP) is 7.71. The number of thiophene rings is 1. The van der Waals surface area contributed by atoms with Gasteiger partial charge in [-0.3, -0.25) is 0 Å². The van der Waals surface area contributed by atoms with Gasteiger partial charge in [0.1, 0.15) is 0 Å². The maximum Gasteiger partial charge on any atom is 0.322 e. The number of benzene rings is 1. The van der Waals surface area contributed by atoms with Crippen LogP contribution in [0.15, 0.2) is 29.6 Å². The number of carbonyl (C=O) groups excluding carboxylic acids is 1. The summed E-state index contributed by atoms with van der Waals surface area (Å²) in [6.45, 7) is 3.45. The fourth-order valence-corrected chi connectivity index (χ4v) is 4.23. The van der Waals surface area contributed by atoms with Gasteiger partial charge in [-0.1, -0.05) is 73.5 Å². The Morgan fingerprint density at radius 1 is 1.12 bits per heavy atom. The Balaban J connectivity index is 2.04. The van der Waals surface area contributed by atoms with Crippen LogP contribution >= 0.6 is 46.1 Å². The molecule has 0 radical (unpaired) electrons. The molecule has 1 heterocycles. The van der Waals surface area contributed by atoms with Crippen LogP contribution in [-0.2, 0) is 6.54 Å². The Morgan fingerprint density at radius 2 is 1.81 bits per heavy atom. The Hall–Kier alpha value is -0.940. The molecule has 0 aliphatic rings. The van der Waals surface area contributed by atoms with Gasteiger partial charge in [-0.15, -0.1) is 11.3 Å². The van der Waals surface area contributed by atoms with Gasteiger partial charge in [0.2, 0.25) is 0 Å². The second kappa shape index (κ2) is 11.0. The fourth-order valence-electron chi connectivity index (χ4n) is 2.60. The Morgan fingerprint density at radius 3 is 2.42 bits per heavy atom. The topological polar surface area (TPSA) is 32.3 Å². The molecule has 0 atom stereocenters. The van der Waals surface area contributed by atoms with E-state index in [9.17, 15) is 4.79 Å². The van der Waals surface area contributed by atoms with E-state index in [0.29, 0.717) is 33.8 Å². The average Bonchev–Trinajstić information content (AvgIpc) is 3.09. The molecular weight excluding hydrogens is 411 g/mol. The number of nitrogens with one attached hydrogen (secondary N) is 1. The summed E-state index contributed by atoms with van der Waals surface area (Å²) in [5.41, 5.74) is 0.393. The number of urea groups is 1. The Bertz CT molecular complexity index is 684. The van der Waals surface area contributed by atoms with E-state index in [2.05, 4.69) is 12.2 Å². The fraction of sp³-hybridized carbons (Fsp3) is 0.421. The standard InChI is InChI=1S/C19H23Cl3N2OS/c1-2-3-4-5-6-9-24(13-15-8-7-10-26-15)19(25)23-18-16(21)11-14(20)12-17(18)22/h7-8,10-12H,2-6,9,13H2,1H3,(H,23,25). The number of amides is 2. The molecular formula is C19H23Cl3N2OS. The minimum Gasteiger partial charge on any atom is -0.319 e. The van der Waals surface area contributed by atoms with Gasteiger partial charge in [0.15, 0.2) is 0 Å². The van der Waals surface area contributed by atoms with Crippen molar-refractivity contribution in [3.05, 3.63) is 49.6 Å². The maximum absolute atomic E-state index is 12.8. The molecule has 2 rings (SSSR count). The molecule has 0 unspecified atom stereocenters. The summed E-state index contributed by atoms with van der Waals surface area (Å²) in [7, 11) is 0. The highest BCUT2D eigenvalue weighted by molar-refractivity contribution is 7.09. The molecule has 0 fully saturated rings. The van der Waals surface area contributed by atoms with Crippen LogP contribution in [0.25, 0.3) is 0 Å². The molecule has 1 aromatic heterocycles. The van der Waals surface area contributed by atoms with Crippen molar-refractivity contribution in [1.82, 2.24) is 4.90 Å². The summed E-state index contributed by atoms with van der Waals surface area (Å²) in [5.74, 6) is 0. The lowest BCUT2D eigenvalue weighted by Gasteiger charge is -2.23. The molecule has 0 saturated heterocycles. The van der Waals surface area contributed by atoms with Crippen LogP contribution in [-0.4, -0.2) is 17.5 Å². The largest absolute Gasteiger partial charge is 0.322 e. The molecule has 1 N–H and O–H groups in total. The Labute approximate surface area is 174 Å². The summed E-state index contributed by atoms with van der Waals surface area (Å²) in [6, 6.07) is 6.95. The van der Waals surface area contributed by atoms with Gasteiger partial charge in [-0.2, -0.15) is 0 Å². The summed E-state index contributed by atoms with van der Waals surface area (Å²) in [4.78, 5) is 15.8. The summed E-state index contributed by atoms with van der Waals surface area (Å²) < 4.78 is 0. The van der Waals surface area contributed by atoms with Crippen LogP contribution < -0.4 is 5.32 Å². The second-order valence-electron chi connectivity index (χ2n) is 6.09. The molecule has 2 amide bonds. The van der Waals surface area contributed by atoms with Crippen molar-refractivity contribution in [2.45, 2.75) is 45.6 Å². The summed E-state index contributed by atoms with van der Waals surface area (Å²) in [5, 5.41) is 5.94. The zero-order valence-electron chi connectivity index (χ0n) is 14.7. The van der Waals surface area contributed by atoms with Crippen LogP contribution in [0.5, 0.6) is 0 Å². The lowest BCUT2D eigenvalue weighted by Crippen LogP contribution is -2.35. The number of unbranched alkanes of at least 4 members (excludes halogenated alkanes) is 4. The number of hydrogen-bond donors (Lipinski definition) is 1. The lowest BCUT2D eigenvalue weighted by atomic mass is 10.1. The van der Waals surface area contributed by atoms with E-state index >= 15 is 0 Å². The van der Waals surface area contributed by atoms with Crippen molar-refractivity contribution >= 4 is 57.9 Å². The van der Waals surface area contributed by atoms with E-state index in [1.807, 2.05) is 17.5 Å². The first-order chi connectivity index (χ1) is 12.5. The number of rotatable bonds is 9. The highest BCUT2D eigenvalue weighted by atomic mass is 35.5. The van der Waals surface area contributed by atoms with Gasteiger partial charge in [0.05, 0.1) is 22.3 Å². The minimum absolute atomic E-state index is 0.208. The van der Waals surface area contributed by atoms with Gasteiger partial charge in [0.25, 0.3) is 0 Å². The molecule has 3 nitrogen and oxygen atoms in total. The predicted molar refractivity (Wildman–Crippen MR) is 114 cm³/mol. The second-order valence-corrected chi connectivity index (χ2v) is 8.37. The maximum atomic E-state index is 12.8. The molecule has 0 aliphatic heterocycles. The van der Waals surface area contributed by atoms with E-state index in [0.717, 1.165) is 17.7 Å². The van der Waals surface area contributed by atoms with Crippen LogP contribution in [0.3, 0.4) is 0 Å². The molecule has 0 aliphatic carbocycles. The molecule has 26 heavy (non-hydrogen) atoms. The third-order valence-electron chi connectivity index (χ3n) is 3.98. The van der Waals surface area contributed by atoms with E-state index in [4.69, 9.17) is 34.8 Å². The van der Waals surface area contributed by atoms with Crippen molar-refractivity contribution in [2.75, 3.05) is 11.9 Å². The lowest BCUT2D eigenvalue weighted by molar-refractivity contribution is 0.208. The van der Waals surface area contributed by atoms with Crippen LogP contribution in [0.4, 0.5) is 10.5 Å². The van der Waals surface area contributed by atoms with Crippen molar-refractivity contribution in [3.8, 4) is 0 Å². The first-order valence-corrected chi connectivity index (χ1v) is 10.8. The third-order valence-corrected chi connectivity index (χ3v) is 5.66. The quantitative estimate of drug-likeness (QED) is 0.403. The normalized spacial score (nSPS) is 10.8. The molecule has 1 aromatic carbocycles. The van der Waals surface area contributed by atoms with Crippen molar-refractivity contribution in [1.29, 1.82) is 0 Å². The van der Waals surface area contributed by atoms with E-state index in [1.54, 1.807) is 28.4 Å². The van der Waals surface area contributed by atoms with Gasteiger partial charge in [-0.05, 0) is 30.0 Å². The smallest absolute Gasteiger partial charge is 0.319 e. The van der Waals surface area contributed by atoms with Crippen LogP contribution in [0, 0.1) is 0 Å². The minimum atomic E-state index is -0.208. The highest BCUT2D eigenvalue weighted by Gasteiger charge is 2.18. The highest BCUT2D eigenvalue weighted by Crippen LogP contribution is 2.34. The number of hydrogen-bond acceptors (Lipinski definition) is 2. The zero-order chi connectivity index (χ0) is 18.9. The summed E-state index contributed by atoms with van der Waals surface area (Å²) in [6.07, 6.45) is 5.71. The van der Waals surface area contributed by atoms with Gasteiger partial charge in [-0.25, -0.2) is 4.79 Å². The van der Waals surface area contributed by atoms with Crippen molar-refractivity contribution in [3.63, 3.8) is 0 Å². The molecule has 0 saturated carbocycles. The number of halogens is 3. The molecule has 0 bridgehead atoms. The van der Waals surface area contributed by atoms with Crippen molar-refractivity contribution < 1.29 is 4.79 Å². The van der Waals surface area contributed by atoms with Crippen LogP contribution in [0.1, 0.15) is 43.9 Å². The number of nitrogens with zero attached hydrogens (tertiary/aromatic N) is 1. The van der Waals surface area contributed by atoms with Crippen molar-refractivity contribution in [2.24, 2.45) is 0 Å². The monoisotopic (exact) mass is 432 g/mol. The SMILES string of the molecule is CCCCCCCN(Cc1cccs1)C(=O)Nc1c(Cl)cc(Cl)cc1Cl.